The third-order valence-electron chi connectivity index (χ3n) is 4.89. The average molecular weight is 246 g/mol. The molecule has 0 N–H and O–H groups in total. The molecule has 1 saturated carbocycles. The number of hydrogen-bond donors (Lipinski definition) is 0. The summed E-state index contributed by atoms with van der Waals surface area (Å²) in [7, 11) is 0. The standard InChI is InChI=1S/C15H28F2/c1-7-14(5,6)11-8-9-12(13(2,3)4)15(16,17)10-11/h11-12H,7-10H2,1-6H3. The Morgan fingerprint density at radius 1 is 1.06 bits per heavy atom. The minimum Gasteiger partial charge on any atom is -0.207 e. The second kappa shape index (κ2) is 4.51. The highest BCUT2D eigenvalue weighted by Gasteiger charge is 2.52. The Hall–Kier alpha value is -0.140. The molecule has 2 heteroatoms. The van der Waals surface area contributed by atoms with Crippen molar-refractivity contribution in [2.45, 2.75) is 73.1 Å². The minimum atomic E-state index is -2.49. The summed E-state index contributed by atoms with van der Waals surface area (Å²) in [4.78, 5) is 0. The zero-order chi connectivity index (χ0) is 13.5. The molecular weight excluding hydrogens is 218 g/mol. The van der Waals surface area contributed by atoms with E-state index in [-0.39, 0.29) is 23.2 Å². The summed E-state index contributed by atoms with van der Waals surface area (Å²) >= 11 is 0. The van der Waals surface area contributed by atoms with Crippen molar-refractivity contribution in [1.82, 2.24) is 0 Å². The van der Waals surface area contributed by atoms with Crippen molar-refractivity contribution in [3.05, 3.63) is 0 Å². The van der Waals surface area contributed by atoms with Crippen LogP contribution in [0.25, 0.3) is 0 Å². The van der Waals surface area contributed by atoms with Crippen molar-refractivity contribution >= 4 is 0 Å². The molecule has 0 aliphatic heterocycles. The minimum absolute atomic E-state index is 0.0479. The quantitative estimate of drug-likeness (QED) is 0.601. The molecule has 0 aromatic rings. The summed E-state index contributed by atoms with van der Waals surface area (Å²) in [5.41, 5.74) is -0.239. The fraction of sp³-hybridized carbons (Fsp3) is 1.00. The molecule has 0 aromatic carbocycles. The van der Waals surface area contributed by atoms with Crippen molar-refractivity contribution in [3.63, 3.8) is 0 Å². The van der Waals surface area contributed by atoms with Gasteiger partial charge >= 0.3 is 0 Å². The molecule has 0 aromatic heterocycles. The molecule has 2 atom stereocenters. The molecule has 0 saturated heterocycles. The molecule has 0 spiro atoms. The van der Waals surface area contributed by atoms with Gasteiger partial charge in [0.15, 0.2) is 0 Å². The highest BCUT2D eigenvalue weighted by Crippen LogP contribution is 2.53. The molecule has 102 valence electrons. The van der Waals surface area contributed by atoms with Crippen LogP contribution in [0.2, 0.25) is 0 Å². The second-order valence-corrected chi connectivity index (χ2v) is 7.50. The molecule has 1 fully saturated rings. The molecule has 17 heavy (non-hydrogen) atoms. The van der Waals surface area contributed by atoms with Crippen molar-refractivity contribution < 1.29 is 8.78 Å². The Bertz CT molecular complexity index is 261. The molecule has 1 rings (SSSR count). The first kappa shape index (κ1) is 14.9. The third-order valence-corrected chi connectivity index (χ3v) is 4.89. The molecule has 0 radical (unpaired) electrons. The van der Waals surface area contributed by atoms with E-state index in [4.69, 9.17) is 0 Å². The van der Waals surface area contributed by atoms with Gasteiger partial charge in [0.25, 0.3) is 5.92 Å². The number of rotatable bonds is 2. The van der Waals surface area contributed by atoms with Crippen LogP contribution in [-0.2, 0) is 0 Å². The summed E-state index contributed by atoms with van der Waals surface area (Å²) in [5.74, 6) is -2.78. The van der Waals surface area contributed by atoms with E-state index in [1.54, 1.807) is 0 Å². The van der Waals surface area contributed by atoms with Gasteiger partial charge in [-0.1, -0.05) is 48.0 Å². The van der Waals surface area contributed by atoms with Gasteiger partial charge in [-0.25, -0.2) is 8.78 Å². The van der Waals surface area contributed by atoms with E-state index >= 15 is 0 Å². The van der Waals surface area contributed by atoms with Gasteiger partial charge in [-0.2, -0.15) is 0 Å². The number of hydrogen-bond acceptors (Lipinski definition) is 0. The molecule has 1 aliphatic carbocycles. The van der Waals surface area contributed by atoms with Crippen LogP contribution in [0.5, 0.6) is 0 Å². The maximum atomic E-state index is 14.3. The lowest BCUT2D eigenvalue weighted by Crippen LogP contribution is -2.45. The average Bonchev–Trinajstić information content (AvgIpc) is 2.14. The third kappa shape index (κ3) is 3.20. The van der Waals surface area contributed by atoms with Gasteiger partial charge in [-0.05, 0) is 29.6 Å². The van der Waals surface area contributed by atoms with Crippen molar-refractivity contribution in [3.8, 4) is 0 Å². The summed E-state index contributed by atoms with van der Waals surface area (Å²) in [6.45, 7) is 12.2. The number of halogens is 2. The van der Waals surface area contributed by atoms with Crippen molar-refractivity contribution in [1.29, 1.82) is 0 Å². The van der Waals surface area contributed by atoms with Crippen LogP contribution in [0.4, 0.5) is 8.78 Å². The molecule has 1 aliphatic rings. The van der Waals surface area contributed by atoms with E-state index in [9.17, 15) is 8.78 Å². The Morgan fingerprint density at radius 3 is 1.94 bits per heavy atom. The smallest absolute Gasteiger partial charge is 0.207 e. The van der Waals surface area contributed by atoms with Crippen LogP contribution in [0, 0.1) is 22.7 Å². The van der Waals surface area contributed by atoms with Gasteiger partial charge in [0, 0.05) is 12.3 Å². The number of alkyl halides is 2. The van der Waals surface area contributed by atoms with Crippen molar-refractivity contribution in [2.75, 3.05) is 0 Å². The van der Waals surface area contributed by atoms with Gasteiger partial charge in [0.2, 0.25) is 0 Å². The summed E-state index contributed by atoms with van der Waals surface area (Å²) in [6.07, 6.45) is 2.69. The Balaban J connectivity index is 2.83. The fourth-order valence-corrected chi connectivity index (χ4v) is 3.17. The van der Waals surface area contributed by atoms with Crippen LogP contribution in [-0.4, -0.2) is 5.92 Å². The predicted molar refractivity (Wildman–Crippen MR) is 69.3 cm³/mol. The Labute approximate surface area is 105 Å². The molecule has 0 amide bonds. The summed E-state index contributed by atoms with van der Waals surface area (Å²) in [6, 6.07) is 0. The van der Waals surface area contributed by atoms with E-state index in [0.717, 1.165) is 12.8 Å². The van der Waals surface area contributed by atoms with Crippen LogP contribution in [0.3, 0.4) is 0 Å². The topological polar surface area (TPSA) is 0 Å². The molecule has 2 unspecified atom stereocenters. The molecular formula is C15H28F2. The van der Waals surface area contributed by atoms with E-state index in [1.165, 1.54) is 0 Å². The van der Waals surface area contributed by atoms with Crippen LogP contribution >= 0.6 is 0 Å². The van der Waals surface area contributed by atoms with E-state index in [2.05, 4.69) is 20.8 Å². The SMILES string of the molecule is CCC(C)(C)C1CCC(C(C)(C)C)C(F)(F)C1. The fourth-order valence-electron chi connectivity index (χ4n) is 3.17. The molecule has 0 heterocycles. The summed E-state index contributed by atoms with van der Waals surface area (Å²) < 4.78 is 28.6. The highest BCUT2D eigenvalue weighted by atomic mass is 19.3. The Kier molecular flexibility index (Phi) is 3.96. The molecule has 0 bridgehead atoms. The van der Waals surface area contributed by atoms with Gasteiger partial charge in [-0.3, -0.25) is 0 Å². The van der Waals surface area contributed by atoms with E-state index < -0.39 is 11.8 Å². The van der Waals surface area contributed by atoms with Crippen LogP contribution in [0.15, 0.2) is 0 Å². The first-order valence-electron chi connectivity index (χ1n) is 6.88. The second-order valence-electron chi connectivity index (χ2n) is 7.50. The normalized spacial score (nSPS) is 30.4. The highest BCUT2D eigenvalue weighted by molar-refractivity contribution is 4.95. The van der Waals surface area contributed by atoms with Gasteiger partial charge in [-0.15, -0.1) is 0 Å². The van der Waals surface area contributed by atoms with Crippen LogP contribution < -0.4 is 0 Å². The van der Waals surface area contributed by atoms with E-state index in [0.29, 0.717) is 6.42 Å². The maximum absolute atomic E-state index is 14.3. The monoisotopic (exact) mass is 246 g/mol. The lowest BCUT2D eigenvalue weighted by Gasteiger charge is -2.47. The van der Waals surface area contributed by atoms with Gasteiger partial charge < -0.3 is 0 Å². The molecule has 0 nitrogen and oxygen atoms in total. The van der Waals surface area contributed by atoms with Crippen molar-refractivity contribution in [2.24, 2.45) is 22.7 Å². The first-order valence-corrected chi connectivity index (χ1v) is 6.88. The first-order chi connectivity index (χ1) is 7.50. The summed E-state index contributed by atoms with van der Waals surface area (Å²) in [5, 5.41) is 0. The predicted octanol–water partition coefficient (Wildman–Crippen LogP) is 5.52. The van der Waals surface area contributed by atoms with Gasteiger partial charge in [0.1, 0.15) is 0 Å². The Morgan fingerprint density at radius 2 is 1.59 bits per heavy atom. The van der Waals surface area contributed by atoms with Gasteiger partial charge in [0.05, 0.1) is 0 Å². The lowest BCUT2D eigenvalue weighted by atomic mass is 9.61. The lowest BCUT2D eigenvalue weighted by molar-refractivity contribution is -0.150. The van der Waals surface area contributed by atoms with Crippen LogP contribution in [0.1, 0.15) is 67.2 Å². The maximum Gasteiger partial charge on any atom is 0.251 e. The van der Waals surface area contributed by atoms with E-state index in [1.807, 2.05) is 20.8 Å². The largest absolute Gasteiger partial charge is 0.251 e. The zero-order valence-corrected chi connectivity index (χ0v) is 12.2. The zero-order valence-electron chi connectivity index (χ0n) is 12.2.